The van der Waals surface area contributed by atoms with Crippen molar-refractivity contribution in [2.75, 3.05) is 0 Å². The van der Waals surface area contributed by atoms with E-state index in [2.05, 4.69) is 12.2 Å². The average Bonchev–Trinajstić information content (AvgIpc) is 2.32. The molecule has 0 saturated carbocycles. The van der Waals surface area contributed by atoms with E-state index in [1.54, 1.807) is 0 Å². The minimum atomic E-state index is 0.107. The highest BCUT2D eigenvalue weighted by Crippen LogP contribution is 2.07. The van der Waals surface area contributed by atoms with E-state index in [9.17, 15) is 4.79 Å². The molecule has 1 unspecified atom stereocenters. The molecule has 0 spiro atoms. The topological polar surface area (TPSA) is 55.1 Å². The number of carbonyl (C=O) groups excluding carboxylic acids is 1. The van der Waals surface area contributed by atoms with Gasteiger partial charge in [-0.05, 0) is 12.8 Å². The maximum atomic E-state index is 11.7. The molecule has 0 aliphatic heterocycles. The van der Waals surface area contributed by atoms with E-state index in [4.69, 9.17) is 18.0 Å². The summed E-state index contributed by atoms with van der Waals surface area (Å²) in [6.45, 7) is 4.24. The van der Waals surface area contributed by atoms with Gasteiger partial charge in [0, 0.05) is 18.9 Å². The molecule has 0 fully saturated rings. The number of hydrogen-bond acceptors (Lipinski definition) is 2. The van der Waals surface area contributed by atoms with E-state index in [0.29, 0.717) is 17.8 Å². The van der Waals surface area contributed by atoms with Crippen LogP contribution in [0.1, 0.15) is 71.6 Å². The SMILES string of the molecule is CCCCCCCCC(=O)NC(CC)CC(N)=S. The fourth-order valence-electron chi connectivity index (χ4n) is 1.91. The van der Waals surface area contributed by atoms with E-state index in [1.165, 1.54) is 25.7 Å². The van der Waals surface area contributed by atoms with Crippen molar-refractivity contribution in [3.8, 4) is 0 Å². The maximum absolute atomic E-state index is 11.7. The molecule has 0 aromatic rings. The number of carbonyl (C=O) groups is 1. The summed E-state index contributed by atoms with van der Waals surface area (Å²) in [5.41, 5.74) is 5.49. The van der Waals surface area contributed by atoms with Gasteiger partial charge < -0.3 is 11.1 Å². The van der Waals surface area contributed by atoms with E-state index >= 15 is 0 Å². The zero-order valence-corrected chi connectivity index (χ0v) is 12.7. The molecule has 18 heavy (non-hydrogen) atoms. The third-order valence-corrected chi connectivity index (χ3v) is 3.23. The summed E-state index contributed by atoms with van der Waals surface area (Å²) < 4.78 is 0. The minimum absolute atomic E-state index is 0.107. The van der Waals surface area contributed by atoms with Crippen molar-refractivity contribution in [2.45, 2.75) is 77.7 Å². The van der Waals surface area contributed by atoms with Crippen molar-refractivity contribution in [3.05, 3.63) is 0 Å². The Kier molecular flexibility index (Phi) is 11.0. The number of thiocarbonyl (C=S) groups is 1. The number of hydrogen-bond donors (Lipinski definition) is 2. The maximum Gasteiger partial charge on any atom is 0.220 e. The molecular weight excluding hydrogens is 244 g/mol. The van der Waals surface area contributed by atoms with Crippen LogP contribution in [0.2, 0.25) is 0 Å². The first-order valence-electron chi connectivity index (χ1n) is 7.17. The van der Waals surface area contributed by atoms with Gasteiger partial charge in [0.25, 0.3) is 0 Å². The second-order valence-corrected chi connectivity index (χ2v) is 5.39. The van der Waals surface area contributed by atoms with Crippen LogP contribution in [0.5, 0.6) is 0 Å². The molecule has 3 N–H and O–H groups in total. The minimum Gasteiger partial charge on any atom is -0.393 e. The summed E-state index contributed by atoms with van der Waals surface area (Å²) >= 11 is 4.86. The van der Waals surface area contributed by atoms with Gasteiger partial charge >= 0.3 is 0 Å². The van der Waals surface area contributed by atoms with E-state index < -0.39 is 0 Å². The molecule has 0 aromatic carbocycles. The zero-order chi connectivity index (χ0) is 13.8. The Labute approximate surface area is 117 Å². The second-order valence-electron chi connectivity index (χ2n) is 4.86. The fraction of sp³-hybridized carbons (Fsp3) is 0.857. The van der Waals surface area contributed by atoms with Crippen LogP contribution in [0, 0.1) is 0 Å². The van der Waals surface area contributed by atoms with Crippen molar-refractivity contribution in [2.24, 2.45) is 5.73 Å². The monoisotopic (exact) mass is 272 g/mol. The lowest BCUT2D eigenvalue weighted by atomic mass is 10.1. The Balaban J connectivity index is 3.59. The lowest BCUT2D eigenvalue weighted by Crippen LogP contribution is -2.36. The van der Waals surface area contributed by atoms with Crippen LogP contribution < -0.4 is 11.1 Å². The molecular formula is C14H28N2OS. The summed E-state index contributed by atoms with van der Waals surface area (Å²) in [7, 11) is 0. The molecule has 0 aliphatic carbocycles. The molecule has 1 atom stereocenters. The van der Waals surface area contributed by atoms with Gasteiger partial charge in [-0.15, -0.1) is 0 Å². The average molecular weight is 272 g/mol. The molecule has 0 saturated heterocycles. The van der Waals surface area contributed by atoms with Crippen LogP contribution in [-0.4, -0.2) is 16.9 Å². The smallest absolute Gasteiger partial charge is 0.220 e. The van der Waals surface area contributed by atoms with Gasteiger partial charge in [0.2, 0.25) is 5.91 Å². The molecule has 3 nitrogen and oxygen atoms in total. The predicted octanol–water partition coefficient (Wildman–Crippen LogP) is 3.31. The molecule has 0 radical (unpaired) electrons. The number of nitrogens with one attached hydrogen (secondary N) is 1. The third kappa shape index (κ3) is 10.5. The molecule has 1 amide bonds. The van der Waals surface area contributed by atoms with Gasteiger partial charge in [-0.1, -0.05) is 58.2 Å². The lowest BCUT2D eigenvalue weighted by molar-refractivity contribution is -0.121. The Morgan fingerprint density at radius 3 is 2.33 bits per heavy atom. The number of rotatable bonds is 11. The van der Waals surface area contributed by atoms with Gasteiger partial charge in [0.05, 0.1) is 4.99 Å². The van der Waals surface area contributed by atoms with Crippen LogP contribution in [0.3, 0.4) is 0 Å². The summed E-state index contributed by atoms with van der Waals surface area (Å²) in [5, 5.41) is 2.99. The van der Waals surface area contributed by atoms with Crippen molar-refractivity contribution >= 4 is 23.1 Å². The quantitative estimate of drug-likeness (QED) is 0.448. The predicted molar refractivity (Wildman–Crippen MR) is 81.6 cm³/mol. The Morgan fingerprint density at radius 1 is 1.17 bits per heavy atom. The van der Waals surface area contributed by atoms with Crippen LogP contribution in [-0.2, 0) is 4.79 Å². The third-order valence-electron chi connectivity index (χ3n) is 3.06. The first-order valence-corrected chi connectivity index (χ1v) is 7.58. The molecule has 0 rings (SSSR count). The number of unbranched alkanes of at least 4 members (excludes halogenated alkanes) is 5. The Bertz CT molecular complexity index is 244. The fourth-order valence-corrected chi connectivity index (χ4v) is 2.11. The van der Waals surface area contributed by atoms with Gasteiger partial charge in [-0.3, -0.25) is 4.79 Å². The number of amides is 1. The Hall–Kier alpha value is -0.640. The van der Waals surface area contributed by atoms with Gasteiger partial charge in [-0.2, -0.15) is 0 Å². The lowest BCUT2D eigenvalue weighted by Gasteiger charge is -2.16. The molecule has 4 heteroatoms. The normalized spacial score (nSPS) is 12.1. The van der Waals surface area contributed by atoms with Crippen molar-refractivity contribution in [1.82, 2.24) is 5.32 Å². The summed E-state index contributed by atoms with van der Waals surface area (Å²) in [4.78, 5) is 12.2. The molecule has 0 heterocycles. The van der Waals surface area contributed by atoms with Crippen LogP contribution in [0.25, 0.3) is 0 Å². The van der Waals surface area contributed by atoms with Gasteiger partial charge in [0.1, 0.15) is 0 Å². The van der Waals surface area contributed by atoms with Gasteiger partial charge in [0.15, 0.2) is 0 Å². The summed E-state index contributed by atoms with van der Waals surface area (Å²) in [5.74, 6) is 0.133. The first-order chi connectivity index (χ1) is 8.60. The van der Waals surface area contributed by atoms with Crippen molar-refractivity contribution < 1.29 is 4.79 Å². The molecule has 106 valence electrons. The van der Waals surface area contributed by atoms with E-state index in [0.717, 1.165) is 19.3 Å². The Morgan fingerprint density at radius 2 is 1.78 bits per heavy atom. The largest absolute Gasteiger partial charge is 0.393 e. The van der Waals surface area contributed by atoms with E-state index in [-0.39, 0.29) is 11.9 Å². The zero-order valence-electron chi connectivity index (χ0n) is 11.8. The second kappa shape index (κ2) is 11.5. The van der Waals surface area contributed by atoms with Gasteiger partial charge in [-0.25, -0.2) is 0 Å². The highest BCUT2D eigenvalue weighted by molar-refractivity contribution is 7.80. The van der Waals surface area contributed by atoms with Crippen molar-refractivity contribution in [1.29, 1.82) is 0 Å². The van der Waals surface area contributed by atoms with Crippen LogP contribution in [0.15, 0.2) is 0 Å². The van der Waals surface area contributed by atoms with Crippen LogP contribution >= 0.6 is 12.2 Å². The molecule has 0 aromatic heterocycles. The van der Waals surface area contributed by atoms with E-state index in [1.807, 2.05) is 6.92 Å². The summed E-state index contributed by atoms with van der Waals surface area (Å²) in [6.07, 6.45) is 9.34. The highest BCUT2D eigenvalue weighted by atomic mass is 32.1. The highest BCUT2D eigenvalue weighted by Gasteiger charge is 2.10. The molecule has 0 aliphatic rings. The standard InChI is InChI=1S/C14H28N2OS/c1-3-5-6-7-8-9-10-14(17)16-12(4-2)11-13(15)18/h12H,3-11H2,1-2H3,(H2,15,18)(H,16,17). The number of nitrogens with two attached hydrogens (primary N) is 1. The summed E-state index contributed by atoms with van der Waals surface area (Å²) in [6, 6.07) is 0.107. The molecule has 0 bridgehead atoms. The van der Waals surface area contributed by atoms with Crippen molar-refractivity contribution in [3.63, 3.8) is 0 Å². The van der Waals surface area contributed by atoms with Crippen LogP contribution in [0.4, 0.5) is 0 Å². The first kappa shape index (κ1) is 17.4.